The third-order valence-electron chi connectivity index (χ3n) is 6.04. The number of benzene rings is 1. The fourth-order valence-corrected chi connectivity index (χ4v) is 4.31. The van der Waals surface area contributed by atoms with Gasteiger partial charge in [-0.3, -0.25) is 19.1 Å². The zero-order valence-corrected chi connectivity index (χ0v) is 19.9. The smallest absolute Gasteiger partial charge is 0.289 e. The van der Waals surface area contributed by atoms with Gasteiger partial charge in [0.1, 0.15) is 29.6 Å². The summed E-state index contributed by atoms with van der Waals surface area (Å²) >= 11 is 0. The molecule has 4 rings (SSSR count). The van der Waals surface area contributed by atoms with E-state index >= 15 is 0 Å². The molecular formula is C25H28N4O6. The first kappa shape index (κ1) is 24.2. The number of aromatic hydroxyl groups is 1. The summed E-state index contributed by atoms with van der Waals surface area (Å²) in [6, 6.07) is 8.91. The molecule has 35 heavy (non-hydrogen) atoms. The lowest BCUT2D eigenvalue weighted by Crippen LogP contribution is -2.35. The molecule has 1 aliphatic rings. The number of ether oxygens (including phenoxy) is 3. The van der Waals surface area contributed by atoms with Crippen LogP contribution in [-0.2, 0) is 11.3 Å². The van der Waals surface area contributed by atoms with Crippen molar-refractivity contribution in [1.29, 1.82) is 0 Å². The Morgan fingerprint density at radius 2 is 1.91 bits per heavy atom. The Bertz CT molecular complexity index is 1240. The number of nitrogens with zero attached hydrogens (tertiary/aromatic N) is 4. The number of aromatic nitrogens is 3. The van der Waals surface area contributed by atoms with Gasteiger partial charge in [-0.2, -0.15) is 4.98 Å². The molecule has 1 aliphatic heterocycles. The number of methoxy groups -OCH3 is 2. The maximum Gasteiger partial charge on any atom is 0.289 e. The number of hydrogen-bond donors (Lipinski definition) is 1. The Labute approximate surface area is 202 Å². The van der Waals surface area contributed by atoms with Crippen LogP contribution in [0.1, 0.15) is 41.0 Å². The van der Waals surface area contributed by atoms with Gasteiger partial charge in [-0.25, -0.2) is 0 Å². The largest absolute Gasteiger partial charge is 0.494 e. The average molecular weight is 481 g/mol. The highest BCUT2D eigenvalue weighted by atomic mass is 16.5. The van der Waals surface area contributed by atoms with Gasteiger partial charge < -0.3 is 24.2 Å². The lowest BCUT2D eigenvalue weighted by Gasteiger charge is -2.22. The van der Waals surface area contributed by atoms with E-state index in [0.717, 1.165) is 12.0 Å². The van der Waals surface area contributed by atoms with Crippen LogP contribution in [0.3, 0.4) is 0 Å². The average Bonchev–Trinajstić information content (AvgIpc) is 3.38. The molecule has 0 saturated carbocycles. The number of carbonyl (C=O) groups is 1. The zero-order chi connectivity index (χ0) is 24.9. The first-order chi connectivity index (χ1) is 17.0. The highest BCUT2D eigenvalue weighted by molar-refractivity contribution is 5.96. The van der Waals surface area contributed by atoms with Crippen LogP contribution in [0, 0.1) is 0 Å². The normalized spacial score (nSPS) is 15.3. The molecule has 1 saturated heterocycles. The minimum atomic E-state index is -0.822. The first-order valence-corrected chi connectivity index (χ1v) is 11.3. The van der Waals surface area contributed by atoms with Crippen molar-refractivity contribution in [2.45, 2.75) is 25.9 Å². The van der Waals surface area contributed by atoms with E-state index in [2.05, 4.69) is 9.97 Å². The second-order valence-corrected chi connectivity index (χ2v) is 8.04. The highest BCUT2D eigenvalue weighted by Crippen LogP contribution is 2.37. The number of amides is 1. The number of pyridine rings is 1. The molecule has 3 heterocycles. The minimum Gasteiger partial charge on any atom is -0.494 e. The Kier molecular flexibility index (Phi) is 7.31. The second kappa shape index (κ2) is 10.6. The van der Waals surface area contributed by atoms with E-state index < -0.39 is 22.9 Å². The van der Waals surface area contributed by atoms with Crippen LogP contribution in [0.25, 0.3) is 5.69 Å². The summed E-state index contributed by atoms with van der Waals surface area (Å²) in [5.41, 5.74) is 0.0940. The predicted octanol–water partition coefficient (Wildman–Crippen LogP) is 2.52. The van der Waals surface area contributed by atoms with E-state index in [0.29, 0.717) is 36.9 Å². The van der Waals surface area contributed by atoms with Crippen LogP contribution >= 0.6 is 0 Å². The van der Waals surface area contributed by atoms with Gasteiger partial charge in [0, 0.05) is 38.0 Å². The number of carbonyl (C=O) groups excluding carboxylic acids is 1. The molecule has 184 valence electrons. The molecule has 10 nitrogen and oxygen atoms in total. The first-order valence-electron chi connectivity index (χ1n) is 11.3. The van der Waals surface area contributed by atoms with Crippen molar-refractivity contribution in [3.8, 4) is 23.1 Å². The van der Waals surface area contributed by atoms with Crippen LogP contribution in [0.15, 0.2) is 47.5 Å². The van der Waals surface area contributed by atoms with Gasteiger partial charge in [-0.1, -0.05) is 12.1 Å². The molecule has 3 aromatic rings. The summed E-state index contributed by atoms with van der Waals surface area (Å²) in [6.45, 7) is 2.94. The molecule has 1 fully saturated rings. The monoisotopic (exact) mass is 480 g/mol. The summed E-state index contributed by atoms with van der Waals surface area (Å²) in [5, 5.41) is 11.4. The van der Waals surface area contributed by atoms with E-state index in [4.69, 9.17) is 14.2 Å². The van der Waals surface area contributed by atoms with Crippen molar-refractivity contribution in [2.24, 2.45) is 0 Å². The molecule has 1 amide bonds. The Morgan fingerprint density at radius 3 is 2.54 bits per heavy atom. The molecule has 1 N–H and O–H groups in total. The summed E-state index contributed by atoms with van der Waals surface area (Å²) in [7, 11) is 2.95. The number of likely N-dealkylation sites (tertiary alicyclic amines) is 1. The number of rotatable bonds is 8. The number of hydrogen-bond acceptors (Lipinski definition) is 8. The van der Waals surface area contributed by atoms with E-state index in [-0.39, 0.29) is 18.3 Å². The molecule has 10 heteroatoms. The minimum absolute atomic E-state index is 0.0677. The lowest BCUT2D eigenvalue weighted by atomic mass is 10.0. The Hall–Kier alpha value is -3.92. The van der Waals surface area contributed by atoms with Crippen LogP contribution in [0.2, 0.25) is 0 Å². The molecular weight excluding hydrogens is 452 g/mol. The van der Waals surface area contributed by atoms with Gasteiger partial charge in [0.15, 0.2) is 5.56 Å². The van der Waals surface area contributed by atoms with Gasteiger partial charge in [0.2, 0.25) is 5.88 Å². The zero-order valence-electron chi connectivity index (χ0n) is 19.9. The fraction of sp³-hybridized carbons (Fsp3) is 0.360. The maximum absolute atomic E-state index is 13.5. The van der Waals surface area contributed by atoms with E-state index in [1.54, 1.807) is 42.4 Å². The van der Waals surface area contributed by atoms with Crippen molar-refractivity contribution in [1.82, 2.24) is 19.4 Å². The van der Waals surface area contributed by atoms with Gasteiger partial charge in [-0.05, 0) is 37.1 Å². The fourth-order valence-electron chi connectivity index (χ4n) is 4.31. The molecule has 0 bridgehead atoms. The van der Waals surface area contributed by atoms with Gasteiger partial charge in [0.05, 0.1) is 14.2 Å². The quantitative estimate of drug-likeness (QED) is 0.523. The highest BCUT2D eigenvalue weighted by Gasteiger charge is 2.33. The van der Waals surface area contributed by atoms with Crippen molar-refractivity contribution >= 4 is 5.91 Å². The van der Waals surface area contributed by atoms with Crippen LogP contribution in [0.5, 0.6) is 17.4 Å². The van der Waals surface area contributed by atoms with E-state index in [9.17, 15) is 14.7 Å². The summed E-state index contributed by atoms with van der Waals surface area (Å²) in [5.74, 6) is -0.202. The SMILES string of the molecule is CCOCc1nc(=O)c(C(=O)N2CCC(c3cccnc3)C2)c(O)n1-c1c(OC)cccc1OC. The molecule has 0 aliphatic carbocycles. The van der Waals surface area contributed by atoms with E-state index in [1.807, 2.05) is 12.1 Å². The summed E-state index contributed by atoms with van der Waals surface area (Å²) in [4.78, 5) is 36.3. The topological polar surface area (TPSA) is 116 Å². The Balaban J connectivity index is 1.80. The molecule has 1 atom stereocenters. The van der Waals surface area contributed by atoms with Gasteiger partial charge in [-0.15, -0.1) is 0 Å². The third-order valence-corrected chi connectivity index (χ3v) is 6.04. The van der Waals surface area contributed by atoms with Crippen molar-refractivity contribution < 1.29 is 24.1 Å². The van der Waals surface area contributed by atoms with Gasteiger partial charge >= 0.3 is 0 Å². The molecule has 1 unspecified atom stereocenters. The Morgan fingerprint density at radius 1 is 1.17 bits per heavy atom. The van der Waals surface area contributed by atoms with Crippen molar-refractivity contribution in [3.05, 3.63) is 70.0 Å². The third kappa shape index (κ3) is 4.69. The van der Waals surface area contributed by atoms with Crippen LogP contribution in [-0.4, -0.2) is 64.4 Å². The lowest BCUT2D eigenvalue weighted by molar-refractivity contribution is 0.0782. The van der Waals surface area contributed by atoms with E-state index in [1.165, 1.54) is 18.8 Å². The molecule has 0 spiro atoms. The van der Waals surface area contributed by atoms with Crippen molar-refractivity contribution in [2.75, 3.05) is 33.9 Å². The van der Waals surface area contributed by atoms with Crippen LogP contribution < -0.4 is 15.0 Å². The predicted molar refractivity (Wildman–Crippen MR) is 127 cm³/mol. The van der Waals surface area contributed by atoms with Gasteiger partial charge in [0.25, 0.3) is 11.5 Å². The number of para-hydroxylation sites is 1. The standard InChI is InChI=1S/C25H28N4O6/c1-4-35-15-20-27-23(30)21(24(31)28-12-10-17(14-28)16-7-6-11-26-13-16)25(32)29(20)22-18(33-2)8-5-9-19(22)34-3/h5-9,11,13,17,32H,4,10,12,14-15H2,1-3H3. The summed E-state index contributed by atoms with van der Waals surface area (Å²) in [6.07, 6.45) is 4.20. The molecule has 0 radical (unpaired) electrons. The van der Waals surface area contributed by atoms with Crippen LogP contribution in [0.4, 0.5) is 0 Å². The summed E-state index contributed by atoms with van der Waals surface area (Å²) < 4.78 is 17.8. The molecule has 2 aromatic heterocycles. The second-order valence-electron chi connectivity index (χ2n) is 8.04. The van der Waals surface area contributed by atoms with Crippen molar-refractivity contribution in [3.63, 3.8) is 0 Å². The maximum atomic E-state index is 13.5. The molecule has 1 aromatic carbocycles.